The molecule has 0 spiro atoms. The molecule has 0 amide bonds. The lowest BCUT2D eigenvalue weighted by molar-refractivity contribution is 0.562. The van der Waals surface area contributed by atoms with Crippen LogP contribution < -0.4 is 0 Å². The van der Waals surface area contributed by atoms with Gasteiger partial charge in [0.15, 0.2) is 0 Å². The van der Waals surface area contributed by atoms with Gasteiger partial charge >= 0.3 is 0 Å². The summed E-state index contributed by atoms with van der Waals surface area (Å²) in [4.78, 5) is -0.472. The summed E-state index contributed by atoms with van der Waals surface area (Å²) >= 11 is -5.17. The first-order valence-corrected chi connectivity index (χ1v) is 7.23. The Balaban J connectivity index is 3.49. The molecule has 0 aliphatic heterocycles. The maximum Gasteiger partial charge on any atom is 0.237 e. The fraction of sp³-hybridized carbons (Fsp3) is 0.571. The van der Waals surface area contributed by atoms with Crippen molar-refractivity contribution in [2.75, 3.05) is 0 Å². The average molecular weight is 278 g/mol. The Bertz CT molecular complexity index is 355. The van der Waals surface area contributed by atoms with Crippen molar-refractivity contribution in [1.82, 2.24) is 0 Å². The fourth-order valence-corrected chi connectivity index (χ4v) is 2.12. The van der Waals surface area contributed by atoms with Gasteiger partial charge in [-0.3, -0.25) is 0 Å². The van der Waals surface area contributed by atoms with E-state index in [0.717, 1.165) is 11.1 Å². The SMILES string of the molecule is CC(C)(C)c1cc(C(C)(C)C)cc(S(F)(F)F)c1. The van der Waals surface area contributed by atoms with Crippen LogP contribution in [0.15, 0.2) is 23.1 Å². The highest BCUT2D eigenvalue weighted by Gasteiger charge is 2.29. The predicted octanol–water partition coefficient (Wildman–Crippen LogP) is 6.10. The van der Waals surface area contributed by atoms with Crippen molar-refractivity contribution in [3.05, 3.63) is 29.3 Å². The van der Waals surface area contributed by atoms with Crippen LogP contribution >= 0.6 is 11.2 Å². The summed E-state index contributed by atoms with van der Waals surface area (Å²) in [6.45, 7) is 11.6. The van der Waals surface area contributed by atoms with Crippen molar-refractivity contribution in [1.29, 1.82) is 0 Å². The van der Waals surface area contributed by atoms with Crippen LogP contribution in [0, 0.1) is 0 Å². The quantitative estimate of drug-likeness (QED) is 0.582. The van der Waals surface area contributed by atoms with E-state index in [0.29, 0.717) is 0 Å². The van der Waals surface area contributed by atoms with Gasteiger partial charge in [-0.1, -0.05) is 47.6 Å². The van der Waals surface area contributed by atoms with Gasteiger partial charge in [0.2, 0.25) is 11.2 Å². The molecule has 4 heteroatoms. The van der Waals surface area contributed by atoms with Gasteiger partial charge in [-0.05, 0) is 34.1 Å². The van der Waals surface area contributed by atoms with E-state index in [2.05, 4.69) is 0 Å². The zero-order chi connectivity index (χ0) is 14.4. The Labute approximate surface area is 110 Å². The Hall–Kier alpha value is -0.640. The normalized spacial score (nSPS) is 14.7. The molecule has 0 unspecified atom stereocenters. The number of rotatable bonds is 1. The topological polar surface area (TPSA) is 0 Å². The first-order chi connectivity index (χ1) is 7.82. The molecule has 0 heterocycles. The van der Waals surface area contributed by atoms with E-state index >= 15 is 0 Å². The van der Waals surface area contributed by atoms with Crippen molar-refractivity contribution in [3.8, 4) is 0 Å². The summed E-state index contributed by atoms with van der Waals surface area (Å²) in [5.41, 5.74) is 0.936. The molecule has 1 rings (SSSR count). The maximum atomic E-state index is 13.0. The summed E-state index contributed by atoms with van der Waals surface area (Å²) in [6, 6.07) is 4.49. The Morgan fingerprint density at radius 2 is 1.06 bits per heavy atom. The summed E-state index contributed by atoms with van der Waals surface area (Å²) < 4.78 is 39.0. The molecule has 0 aliphatic carbocycles. The van der Waals surface area contributed by atoms with Crippen molar-refractivity contribution in [3.63, 3.8) is 0 Å². The van der Waals surface area contributed by atoms with E-state index in [4.69, 9.17) is 0 Å². The standard InChI is InChI=1S/C14H21F3S/c1-13(2,3)10-7-11(14(4,5)6)9-12(8-10)18(15,16)17/h7-9H,1-6H3. The number of halogens is 3. The first-order valence-electron chi connectivity index (χ1n) is 5.90. The van der Waals surface area contributed by atoms with Crippen molar-refractivity contribution < 1.29 is 11.7 Å². The molecule has 0 aliphatic rings. The lowest BCUT2D eigenvalue weighted by Crippen LogP contribution is -2.16. The summed E-state index contributed by atoms with van der Waals surface area (Å²) in [6.07, 6.45) is 0. The second-order valence-corrected chi connectivity index (χ2v) is 7.94. The van der Waals surface area contributed by atoms with Crippen LogP contribution in [-0.2, 0) is 10.8 Å². The van der Waals surface area contributed by atoms with Crippen molar-refractivity contribution in [2.45, 2.75) is 57.3 Å². The monoisotopic (exact) mass is 278 g/mol. The third kappa shape index (κ3) is 3.67. The van der Waals surface area contributed by atoms with Crippen LogP contribution in [-0.4, -0.2) is 0 Å². The molecule has 0 radical (unpaired) electrons. The molecule has 1 aromatic carbocycles. The molecular formula is C14H21F3S. The van der Waals surface area contributed by atoms with E-state index in [9.17, 15) is 11.7 Å². The van der Waals surface area contributed by atoms with Crippen LogP contribution in [0.5, 0.6) is 0 Å². The van der Waals surface area contributed by atoms with Crippen molar-refractivity contribution in [2.24, 2.45) is 0 Å². The van der Waals surface area contributed by atoms with Crippen molar-refractivity contribution >= 4 is 11.2 Å². The van der Waals surface area contributed by atoms with E-state index in [1.807, 2.05) is 47.6 Å². The minimum Gasteiger partial charge on any atom is -0.120 e. The molecular weight excluding hydrogens is 257 g/mol. The fourth-order valence-electron chi connectivity index (χ4n) is 1.60. The third-order valence-corrected chi connectivity index (χ3v) is 3.68. The predicted molar refractivity (Wildman–Crippen MR) is 73.0 cm³/mol. The van der Waals surface area contributed by atoms with E-state index in [-0.39, 0.29) is 10.8 Å². The van der Waals surface area contributed by atoms with Gasteiger partial charge in [-0.25, -0.2) is 0 Å². The lowest BCUT2D eigenvalue weighted by Gasteiger charge is -2.27. The molecule has 0 nitrogen and oxygen atoms in total. The van der Waals surface area contributed by atoms with Gasteiger partial charge in [0, 0.05) is 0 Å². The third-order valence-electron chi connectivity index (χ3n) is 2.91. The smallest absolute Gasteiger partial charge is 0.120 e. The van der Waals surface area contributed by atoms with Crippen LogP contribution in [0.2, 0.25) is 0 Å². The molecule has 0 fully saturated rings. The first kappa shape index (κ1) is 15.4. The minimum absolute atomic E-state index is 0.277. The van der Waals surface area contributed by atoms with Gasteiger partial charge in [0.25, 0.3) is 0 Å². The van der Waals surface area contributed by atoms with Crippen LogP contribution in [0.1, 0.15) is 52.7 Å². The molecule has 18 heavy (non-hydrogen) atoms. The highest BCUT2D eigenvalue weighted by atomic mass is 32.3. The summed E-state index contributed by atoms with van der Waals surface area (Å²) in [5, 5.41) is 0. The summed E-state index contributed by atoms with van der Waals surface area (Å²) in [7, 11) is 0. The Morgan fingerprint density at radius 1 is 0.722 bits per heavy atom. The van der Waals surface area contributed by atoms with E-state index in [1.165, 1.54) is 12.1 Å². The van der Waals surface area contributed by atoms with Crippen LogP contribution in [0.25, 0.3) is 0 Å². The van der Waals surface area contributed by atoms with Gasteiger partial charge in [0.05, 0.1) is 4.90 Å². The zero-order valence-electron chi connectivity index (χ0n) is 11.8. The maximum absolute atomic E-state index is 13.0. The van der Waals surface area contributed by atoms with Crippen LogP contribution in [0.4, 0.5) is 11.7 Å². The van der Waals surface area contributed by atoms with E-state index in [1.54, 1.807) is 0 Å². The van der Waals surface area contributed by atoms with Gasteiger partial charge in [-0.15, -0.1) is 11.7 Å². The van der Waals surface area contributed by atoms with Gasteiger partial charge in [0.1, 0.15) is 0 Å². The second-order valence-electron chi connectivity index (χ2n) is 6.65. The molecule has 0 bridgehead atoms. The Kier molecular flexibility index (Phi) is 3.84. The molecule has 0 saturated carbocycles. The zero-order valence-corrected chi connectivity index (χ0v) is 12.6. The highest BCUT2D eigenvalue weighted by Crippen LogP contribution is 2.61. The molecule has 0 saturated heterocycles. The second kappa shape index (κ2) is 4.48. The molecule has 104 valence electrons. The molecule has 1 aromatic rings. The number of hydrogen-bond acceptors (Lipinski definition) is 0. The van der Waals surface area contributed by atoms with Gasteiger partial charge in [-0.2, -0.15) is 0 Å². The Morgan fingerprint density at radius 3 is 1.28 bits per heavy atom. The van der Waals surface area contributed by atoms with E-state index < -0.39 is 16.1 Å². The number of hydrogen-bond donors (Lipinski definition) is 0. The lowest BCUT2D eigenvalue weighted by atomic mass is 9.81. The number of benzene rings is 1. The highest BCUT2D eigenvalue weighted by molar-refractivity contribution is 8.20. The summed E-state index contributed by atoms with van der Waals surface area (Å²) in [5.74, 6) is 0. The molecule has 0 aromatic heterocycles. The van der Waals surface area contributed by atoms with Gasteiger partial charge < -0.3 is 0 Å². The minimum atomic E-state index is -5.17. The molecule has 0 atom stereocenters. The largest absolute Gasteiger partial charge is 0.237 e. The molecule has 0 N–H and O–H groups in total. The van der Waals surface area contributed by atoms with Crippen LogP contribution in [0.3, 0.4) is 0 Å². The average Bonchev–Trinajstić information content (AvgIpc) is 2.13.